The van der Waals surface area contributed by atoms with Crippen LogP contribution < -0.4 is 21.7 Å². The highest BCUT2D eigenvalue weighted by Gasteiger charge is 2.09. The van der Waals surface area contributed by atoms with Crippen molar-refractivity contribution in [1.29, 1.82) is 5.26 Å². The van der Waals surface area contributed by atoms with Gasteiger partial charge in [-0.25, -0.2) is 0 Å². The molecule has 1 heterocycles. The van der Waals surface area contributed by atoms with Gasteiger partial charge >= 0.3 is 0 Å². The zero-order valence-corrected chi connectivity index (χ0v) is 19.2. The van der Waals surface area contributed by atoms with Gasteiger partial charge in [0.15, 0.2) is 0 Å². The number of nitrogens with two attached hydrogens (primary N) is 1. The molecule has 0 unspecified atom stereocenters. The number of benzene rings is 4. The third kappa shape index (κ3) is 5.08. The highest BCUT2D eigenvalue weighted by atomic mass is 16.1. The van der Waals surface area contributed by atoms with Crippen LogP contribution in [0.3, 0.4) is 0 Å². The van der Waals surface area contributed by atoms with E-state index in [9.17, 15) is 10.1 Å². The van der Waals surface area contributed by atoms with Gasteiger partial charge in [-0.1, -0.05) is 18.2 Å². The average molecular weight is 471 g/mol. The van der Waals surface area contributed by atoms with E-state index in [1.54, 1.807) is 30.5 Å². The highest BCUT2D eigenvalue weighted by Crippen LogP contribution is 2.27. The van der Waals surface area contributed by atoms with E-state index in [1.165, 1.54) is 0 Å². The van der Waals surface area contributed by atoms with E-state index >= 15 is 0 Å². The number of anilines is 6. The van der Waals surface area contributed by atoms with Crippen LogP contribution in [-0.4, -0.2) is 10.9 Å². The summed E-state index contributed by atoms with van der Waals surface area (Å²) in [6.45, 7) is 0. The quantitative estimate of drug-likeness (QED) is 0.213. The van der Waals surface area contributed by atoms with Crippen LogP contribution in [0.1, 0.15) is 15.9 Å². The Labute approximate surface area is 208 Å². The van der Waals surface area contributed by atoms with Crippen LogP contribution in [0.5, 0.6) is 0 Å². The highest BCUT2D eigenvalue weighted by molar-refractivity contribution is 6.05. The van der Waals surface area contributed by atoms with Crippen LogP contribution in [0.4, 0.5) is 34.1 Å². The summed E-state index contributed by atoms with van der Waals surface area (Å²) in [6, 6.07) is 31.5. The van der Waals surface area contributed by atoms with Gasteiger partial charge in [0.05, 0.1) is 17.1 Å². The summed E-state index contributed by atoms with van der Waals surface area (Å²) in [5.41, 5.74) is 12.3. The molecule has 5 N–H and O–H groups in total. The summed E-state index contributed by atoms with van der Waals surface area (Å²) < 4.78 is 0. The smallest absolute Gasteiger partial charge is 0.255 e. The number of carbonyl (C=O) groups excluding carboxylic acids is 1. The fraction of sp³-hybridized carbons (Fsp3) is 0. The first kappa shape index (κ1) is 22.4. The molecule has 36 heavy (non-hydrogen) atoms. The Morgan fingerprint density at radius 2 is 1.50 bits per heavy atom. The monoisotopic (exact) mass is 470 g/mol. The van der Waals surface area contributed by atoms with Gasteiger partial charge in [0.2, 0.25) is 0 Å². The Kier molecular flexibility index (Phi) is 6.15. The maximum absolute atomic E-state index is 13.0. The molecular formula is C29H22N6O. The molecule has 174 valence electrons. The minimum absolute atomic E-state index is 0.230. The largest absolute Gasteiger partial charge is 0.399 e. The maximum Gasteiger partial charge on any atom is 0.255 e. The number of nitrogens with one attached hydrogen (secondary N) is 3. The normalized spacial score (nSPS) is 10.4. The topological polar surface area (TPSA) is 116 Å². The van der Waals surface area contributed by atoms with E-state index in [4.69, 9.17) is 5.73 Å². The van der Waals surface area contributed by atoms with E-state index in [1.807, 2.05) is 72.8 Å². The Morgan fingerprint density at radius 3 is 2.31 bits per heavy atom. The van der Waals surface area contributed by atoms with Crippen LogP contribution in [-0.2, 0) is 0 Å². The number of hydrogen-bond acceptors (Lipinski definition) is 6. The summed E-state index contributed by atoms with van der Waals surface area (Å²) in [7, 11) is 0. The van der Waals surface area contributed by atoms with Crippen LogP contribution in [0, 0.1) is 11.3 Å². The van der Waals surface area contributed by atoms with Gasteiger partial charge in [0.1, 0.15) is 0 Å². The number of pyridine rings is 1. The molecule has 0 saturated carbocycles. The van der Waals surface area contributed by atoms with Gasteiger partial charge in [0, 0.05) is 51.3 Å². The van der Waals surface area contributed by atoms with Crippen LogP contribution in [0.25, 0.3) is 10.9 Å². The number of aromatic nitrogens is 1. The van der Waals surface area contributed by atoms with E-state index < -0.39 is 0 Å². The number of rotatable bonds is 6. The van der Waals surface area contributed by atoms with Crippen molar-refractivity contribution < 1.29 is 4.79 Å². The zero-order chi connectivity index (χ0) is 24.9. The number of nitrogens with zero attached hydrogens (tertiary/aromatic N) is 2. The molecule has 0 bridgehead atoms. The first-order valence-electron chi connectivity index (χ1n) is 11.3. The second-order valence-corrected chi connectivity index (χ2v) is 8.19. The molecule has 0 radical (unpaired) electrons. The second-order valence-electron chi connectivity index (χ2n) is 8.19. The molecule has 7 heteroatoms. The van der Waals surface area contributed by atoms with Crippen molar-refractivity contribution in [1.82, 2.24) is 4.98 Å². The van der Waals surface area contributed by atoms with Crippen molar-refractivity contribution in [2.75, 3.05) is 21.7 Å². The van der Waals surface area contributed by atoms with Crippen molar-refractivity contribution in [2.45, 2.75) is 0 Å². The minimum atomic E-state index is -0.230. The lowest BCUT2D eigenvalue weighted by molar-refractivity contribution is 0.102. The molecule has 1 aromatic heterocycles. The number of amides is 1. The third-order valence-corrected chi connectivity index (χ3v) is 5.57. The van der Waals surface area contributed by atoms with Crippen molar-refractivity contribution in [2.24, 2.45) is 0 Å². The van der Waals surface area contributed by atoms with Gasteiger partial charge < -0.3 is 21.7 Å². The molecule has 0 spiro atoms. The van der Waals surface area contributed by atoms with E-state index in [0.29, 0.717) is 22.5 Å². The average Bonchev–Trinajstić information content (AvgIpc) is 2.89. The first-order chi connectivity index (χ1) is 17.6. The number of carbonyl (C=O) groups is 1. The van der Waals surface area contributed by atoms with Crippen molar-refractivity contribution in [3.05, 3.63) is 114 Å². The van der Waals surface area contributed by atoms with Gasteiger partial charge in [0.25, 0.3) is 5.91 Å². The Bertz CT molecular complexity index is 1620. The molecule has 0 aliphatic carbocycles. The molecule has 5 rings (SSSR count). The van der Waals surface area contributed by atoms with Gasteiger partial charge in [-0.15, -0.1) is 0 Å². The molecule has 5 aromatic rings. The van der Waals surface area contributed by atoms with Crippen LogP contribution in [0.2, 0.25) is 0 Å². The predicted molar refractivity (Wildman–Crippen MR) is 145 cm³/mol. The number of nitriles is 1. The van der Waals surface area contributed by atoms with Crippen molar-refractivity contribution in [3.8, 4) is 6.07 Å². The summed E-state index contributed by atoms with van der Waals surface area (Å²) in [5, 5.41) is 19.7. The molecule has 0 fully saturated rings. The van der Waals surface area contributed by atoms with Gasteiger partial charge in [-0.2, -0.15) is 5.26 Å². The minimum Gasteiger partial charge on any atom is -0.399 e. The van der Waals surface area contributed by atoms with Gasteiger partial charge in [-0.3, -0.25) is 9.78 Å². The number of hydrogen-bond donors (Lipinski definition) is 4. The van der Waals surface area contributed by atoms with Crippen molar-refractivity contribution >= 4 is 50.9 Å². The first-order valence-corrected chi connectivity index (χ1v) is 11.3. The SMILES string of the molecule is N#Cc1ccc2nccc(Nc3cccc(C(=O)Nc4cccc(Nc5cccc(N)c5)c4)c3)c2c1. The molecule has 0 saturated heterocycles. The van der Waals surface area contributed by atoms with E-state index in [2.05, 4.69) is 27.0 Å². The van der Waals surface area contributed by atoms with Crippen LogP contribution >= 0.6 is 0 Å². The molecule has 0 aliphatic heterocycles. The molecule has 4 aromatic carbocycles. The van der Waals surface area contributed by atoms with Gasteiger partial charge in [-0.05, 0) is 78.9 Å². The summed E-state index contributed by atoms with van der Waals surface area (Å²) in [6.07, 6.45) is 1.71. The van der Waals surface area contributed by atoms with Crippen LogP contribution in [0.15, 0.2) is 103 Å². The number of nitrogen functional groups attached to an aromatic ring is 1. The standard InChI is InChI=1S/C29H22N6O/c30-18-19-10-11-27-26(14-19)28(12-13-32-27)34-22-6-1-4-20(15-22)29(36)35-25-9-3-8-24(17-25)33-23-7-2-5-21(31)16-23/h1-17,33H,31H2,(H,32,34)(H,35,36). The fourth-order valence-corrected chi connectivity index (χ4v) is 3.88. The Balaban J connectivity index is 1.33. The lowest BCUT2D eigenvalue weighted by atomic mass is 10.1. The zero-order valence-electron chi connectivity index (χ0n) is 19.2. The Morgan fingerprint density at radius 1 is 0.778 bits per heavy atom. The molecule has 0 aliphatic rings. The van der Waals surface area contributed by atoms with Crippen molar-refractivity contribution in [3.63, 3.8) is 0 Å². The van der Waals surface area contributed by atoms with E-state index in [0.717, 1.165) is 33.7 Å². The van der Waals surface area contributed by atoms with E-state index in [-0.39, 0.29) is 5.91 Å². The summed E-state index contributed by atoms with van der Waals surface area (Å²) >= 11 is 0. The molecular weight excluding hydrogens is 448 g/mol. The second kappa shape index (κ2) is 9.87. The fourth-order valence-electron chi connectivity index (χ4n) is 3.88. The predicted octanol–water partition coefficient (Wildman–Crippen LogP) is 6.43. The summed E-state index contributed by atoms with van der Waals surface area (Å²) in [4.78, 5) is 17.4. The lowest BCUT2D eigenvalue weighted by Gasteiger charge is -2.12. The third-order valence-electron chi connectivity index (χ3n) is 5.57. The molecule has 7 nitrogen and oxygen atoms in total. The summed E-state index contributed by atoms with van der Waals surface area (Å²) in [5.74, 6) is -0.230. The Hall–Kier alpha value is -5.35. The lowest BCUT2D eigenvalue weighted by Crippen LogP contribution is -2.12. The maximum atomic E-state index is 13.0. The molecule has 1 amide bonds. The molecule has 0 atom stereocenters. The number of fused-ring (bicyclic) bond motifs is 1.